The van der Waals surface area contributed by atoms with Gasteiger partial charge in [-0.15, -0.1) is 0 Å². The Balaban J connectivity index is 2.18. The molecule has 0 aromatic carbocycles. The Morgan fingerprint density at radius 3 is 2.64 bits per heavy atom. The molecule has 0 radical (unpaired) electrons. The molecule has 1 fully saturated rings. The molecule has 0 bridgehead atoms. The zero-order valence-electron chi connectivity index (χ0n) is 8.75. The number of urea groups is 1. The first kappa shape index (κ1) is 11.3. The molecule has 4 nitrogen and oxygen atoms in total. The molecule has 4 heteroatoms. The van der Waals surface area contributed by atoms with Crippen LogP contribution >= 0.6 is 0 Å². The van der Waals surface area contributed by atoms with Gasteiger partial charge < -0.3 is 15.7 Å². The van der Waals surface area contributed by atoms with Crippen molar-refractivity contribution < 1.29 is 9.90 Å². The van der Waals surface area contributed by atoms with Crippen LogP contribution in [0.5, 0.6) is 0 Å². The van der Waals surface area contributed by atoms with Crippen LogP contribution in [-0.2, 0) is 0 Å². The number of nitrogens with one attached hydrogen (secondary N) is 2. The summed E-state index contributed by atoms with van der Waals surface area (Å²) >= 11 is 0. The summed E-state index contributed by atoms with van der Waals surface area (Å²) in [6.45, 7) is 1.76. The van der Waals surface area contributed by atoms with Crippen LogP contribution in [0.1, 0.15) is 39.0 Å². The summed E-state index contributed by atoms with van der Waals surface area (Å²) in [6, 6.07) is 0.00619. The Labute approximate surface area is 85.1 Å². The molecule has 14 heavy (non-hydrogen) atoms. The van der Waals surface area contributed by atoms with Crippen LogP contribution in [-0.4, -0.2) is 29.8 Å². The summed E-state index contributed by atoms with van der Waals surface area (Å²) in [5, 5.41) is 14.3. The molecule has 1 rings (SSSR count). The van der Waals surface area contributed by atoms with Crippen LogP contribution in [0.15, 0.2) is 0 Å². The first-order valence-electron chi connectivity index (χ1n) is 5.40. The van der Waals surface area contributed by atoms with Gasteiger partial charge >= 0.3 is 6.03 Å². The second-order valence-electron chi connectivity index (χ2n) is 4.04. The van der Waals surface area contributed by atoms with E-state index in [2.05, 4.69) is 10.6 Å². The van der Waals surface area contributed by atoms with E-state index in [9.17, 15) is 4.79 Å². The zero-order chi connectivity index (χ0) is 10.4. The van der Waals surface area contributed by atoms with Crippen molar-refractivity contribution in [2.75, 3.05) is 6.61 Å². The van der Waals surface area contributed by atoms with E-state index >= 15 is 0 Å². The van der Waals surface area contributed by atoms with Gasteiger partial charge in [0.25, 0.3) is 0 Å². The topological polar surface area (TPSA) is 61.4 Å². The lowest BCUT2D eigenvalue weighted by Crippen LogP contribution is -2.46. The average molecular weight is 200 g/mol. The fraction of sp³-hybridized carbons (Fsp3) is 0.900. The Kier molecular flexibility index (Phi) is 4.73. The van der Waals surface area contributed by atoms with E-state index in [-0.39, 0.29) is 18.7 Å². The minimum atomic E-state index is -0.168. The van der Waals surface area contributed by atoms with Gasteiger partial charge in [0.15, 0.2) is 0 Å². The van der Waals surface area contributed by atoms with Gasteiger partial charge in [-0.05, 0) is 19.8 Å². The number of carbonyl (C=O) groups excluding carboxylic acids is 1. The van der Waals surface area contributed by atoms with Crippen molar-refractivity contribution in [1.82, 2.24) is 10.6 Å². The van der Waals surface area contributed by atoms with Gasteiger partial charge in [-0.1, -0.05) is 19.3 Å². The predicted molar refractivity (Wildman–Crippen MR) is 55.1 cm³/mol. The molecular weight excluding hydrogens is 180 g/mol. The first-order valence-corrected chi connectivity index (χ1v) is 5.40. The molecule has 0 heterocycles. The standard InChI is InChI=1S/C10H20N2O2/c1-8(7-13)11-10(14)12-9-5-3-2-4-6-9/h8-9,13H,2-7H2,1H3,(H2,11,12,14)/t8-/m0/s1. The van der Waals surface area contributed by atoms with Crippen LogP contribution in [0.3, 0.4) is 0 Å². The van der Waals surface area contributed by atoms with Gasteiger partial charge in [0.05, 0.1) is 12.6 Å². The zero-order valence-corrected chi connectivity index (χ0v) is 8.75. The highest BCUT2D eigenvalue weighted by Gasteiger charge is 2.15. The molecule has 1 aliphatic rings. The van der Waals surface area contributed by atoms with E-state index in [0.29, 0.717) is 6.04 Å². The van der Waals surface area contributed by atoms with Crippen molar-refractivity contribution in [1.29, 1.82) is 0 Å². The fourth-order valence-electron chi connectivity index (χ4n) is 1.74. The summed E-state index contributed by atoms with van der Waals surface area (Å²) in [7, 11) is 0. The monoisotopic (exact) mass is 200 g/mol. The summed E-state index contributed by atoms with van der Waals surface area (Å²) < 4.78 is 0. The molecule has 0 aliphatic heterocycles. The van der Waals surface area contributed by atoms with E-state index < -0.39 is 0 Å². The van der Waals surface area contributed by atoms with Crippen LogP contribution in [0, 0.1) is 0 Å². The van der Waals surface area contributed by atoms with Gasteiger partial charge in [-0.3, -0.25) is 0 Å². The number of carbonyl (C=O) groups is 1. The third-order valence-corrected chi connectivity index (χ3v) is 2.59. The van der Waals surface area contributed by atoms with Crippen LogP contribution in [0.2, 0.25) is 0 Å². The van der Waals surface area contributed by atoms with Gasteiger partial charge in [-0.25, -0.2) is 4.79 Å². The molecule has 82 valence electrons. The molecule has 1 saturated carbocycles. The number of rotatable bonds is 3. The van der Waals surface area contributed by atoms with Crippen molar-refractivity contribution >= 4 is 6.03 Å². The quantitative estimate of drug-likeness (QED) is 0.636. The van der Waals surface area contributed by atoms with Crippen molar-refractivity contribution in [3.63, 3.8) is 0 Å². The normalized spacial score (nSPS) is 20.1. The van der Waals surface area contributed by atoms with E-state index in [1.807, 2.05) is 0 Å². The largest absolute Gasteiger partial charge is 0.394 e. The van der Waals surface area contributed by atoms with Gasteiger partial charge in [0.1, 0.15) is 0 Å². The second-order valence-corrected chi connectivity index (χ2v) is 4.04. The van der Waals surface area contributed by atoms with Gasteiger partial charge in [0.2, 0.25) is 0 Å². The summed E-state index contributed by atoms with van der Waals surface area (Å²) in [6.07, 6.45) is 5.87. The molecule has 1 atom stereocenters. The lowest BCUT2D eigenvalue weighted by Gasteiger charge is -2.23. The molecule has 0 spiro atoms. The number of aliphatic hydroxyl groups is 1. The number of amides is 2. The maximum Gasteiger partial charge on any atom is 0.315 e. The highest BCUT2D eigenvalue weighted by atomic mass is 16.3. The van der Waals surface area contributed by atoms with E-state index in [1.165, 1.54) is 19.3 Å². The van der Waals surface area contributed by atoms with Crippen LogP contribution < -0.4 is 10.6 Å². The lowest BCUT2D eigenvalue weighted by molar-refractivity contribution is 0.214. The SMILES string of the molecule is C[C@@H](CO)NC(=O)NC1CCCCC1. The first-order chi connectivity index (χ1) is 6.72. The number of aliphatic hydroxyl groups excluding tert-OH is 1. The van der Waals surface area contributed by atoms with Gasteiger partial charge in [0, 0.05) is 6.04 Å². The maximum atomic E-state index is 11.3. The molecule has 0 saturated heterocycles. The van der Waals surface area contributed by atoms with Crippen molar-refractivity contribution in [3.05, 3.63) is 0 Å². The minimum Gasteiger partial charge on any atom is -0.394 e. The summed E-state index contributed by atoms with van der Waals surface area (Å²) in [5.41, 5.74) is 0. The Morgan fingerprint density at radius 2 is 2.07 bits per heavy atom. The fourth-order valence-corrected chi connectivity index (χ4v) is 1.74. The average Bonchev–Trinajstić information content (AvgIpc) is 2.19. The molecule has 0 aromatic heterocycles. The van der Waals surface area contributed by atoms with Crippen molar-refractivity contribution in [3.8, 4) is 0 Å². The van der Waals surface area contributed by atoms with Gasteiger partial charge in [-0.2, -0.15) is 0 Å². The smallest absolute Gasteiger partial charge is 0.315 e. The second kappa shape index (κ2) is 5.86. The third kappa shape index (κ3) is 3.96. The summed E-state index contributed by atoms with van der Waals surface area (Å²) in [4.78, 5) is 11.3. The van der Waals surface area contributed by atoms with Crippen LogP contribution in [0.25, 0.3) is 0 Å². The maximum absolute atomic E-state index is 11.3. The van der Waals surface area contributed by atoms with Crippen LogP contribution in [0.4, 0.5) is 4.79 Å². The van der Waals surface area contributed by atoms with E-state index in [1.54, 1.807) is 6.92 Å². The molecular formula is C10H20N2O2. The predicted octanol–water partition coefficient (Wildman–Crippen LogP) is 0.999. The van der Waals surface area contributed by atoms with Crippen molar-refractivity contribution in [2.24, 2.45) is 0 Å². The Morgan fingerprint density at radius 1 is 1.43 bits per heavy atom. The Bertz CT molecular complexity index is 179. The summed E-state index contributed by atoms with van der Waals surface area (Å²) in [5.74, 6) is 0. The number of hydrogen-bond acceptors (Lipinski definition) is 2. The minimum absolute atomic E-state index is 0.0158. The van der Waals surface area contributed by atoms with Crippen molar-refractivity contribution in [2.45, 2.75) is 51.1 Å². The molecule has 0 aromatic rings. The van der Waals surface area contributed by atoms with E-state index in [0.717, 1.165) is 12.8 Å². The lowest BCUT2D eigenvalue weighted by atomic mass is 9.96. The molecule has 2 amide bonds. The third-order valence-electron chi connectivity index (χ3n) is 2.59. The number of hydrogen-bond donors (Lipinski definition) is 3. The Hall–Kier alpha value is -0.770. The van der Waals surface area contributed by atoms with E-state index in [4.69, 9.17) is 5.11 Å². The molecule has 1 aliphatic carbocycles. The molecule has 0 unspecified atom stereocenters. The molecule has 3 N–H and O–H groups in total. The highest BCUT2D eigenvalue weighted by Crippen LogP contribution is 2.17. The highest BCUT2D eigenvalue weighted by molar-refractivity contribution is 5.74.